The summed E-state index contributed by atoms with van der Waals surface area (Å²) in [5.41, 5.74) is 1.51. The van der Waals surface area contributed by atoms with Gasteiger partial charge in [-0.2, -0.15) is 0 Å². The zero-order chi connectivity index (χ0) is 13.5. The third kappa shape index (κ3) is 4.24. The monoisotopic (exact) mass is 250 g/mol. The van der Waals surface area contributed by atoms with Crippen molar-refractivity contribution in [1.82, 2.24) is 0 Å². The molecule has 0 aromatic heterocycles. The lowest BCUT2D eigenvalue weighted by Crippen LogP contribution is -2.33. The van der Waals surface area contributed by atoms with E-state index in [2.05, 4.69) is 6.92 Å². The molecular formula is C15H22O3. The predicted octanol–water partition coefficient (Wildman–Crippen LogP) is 2.48. The number of aliphatic hydroxyl groups excluding tert-OH is 2. The molecule has 100 valence electrons. The number of Topliss-reactive ketones (excluding diaryl/α,β-unsaturated/α-hetero) is 1. The predicted molar refractivity (Wildman–Crippen MR) is 71.7 cm³/mol. The first-order valence-corrected chi connectivity index (χ1v) is 6.53. The second-order valence-electron chi connectivity index (χ2n) is 4.74. The van der Waals surface area contributed by atoms with E-state index >= 15 is 0 Å². The SMILES string of the molecule is CCCCC[C@H](O)[C@@H](O)C(=O)c1ccc(C)cc1. The van der Waals surface area contributed by atoms with Gasteiger partial charge in [0.2, 0.25) is 0 Å². The van der Waals surface area contributed by atoms with Crippen LogP contribution in [0.15, 0.2) is 24.3 Å². The van der Waals surface area contributed by atoms with Gasteiger partial charge in [0, 0.05) is 5.56 Å². The van der Waals surface area contributed by atoms with E-state index in [9.17, 15) is 15.0 Å². The molecule has 0 radical (unpaired) electrons. The van der Waals surface area contributed by atoms with E-state index in [-0.39, 0.29) is 0 Å². The van der Waals surface area contributed by atoms with Crippen LogP contribution in [0.25, 0.3) is 0 Å². The Morgan fingerprint density at radius 2 is 1.78 bits per heavy atom. The summed E-state index contributed by atoms with van der Waals surface area (Å²) in [4.78, 5) is 11.9. The lowest BCUT2D eigenvalue weighted by molar-refractivity contribution is 0.0168. The van der Waals surface area contributed by atoms with Crippen molar-refractivity contribution in [3.05, 3.63) is 35.4 Å². The Bertz CT molecular complexity index is 370. The third-order valence-electron chi connectivity index (χ3n) is 3.07. The quantitative estimate of drug-likeness (QED) is 0.577. The van der Waals surface area contributed by atoms with Gasteiger partial charge in [-0.1, -0.05) is 56.0 Å². The van der Waals surface area contributed by atoms with Gasteiger partial charge >= 0.3 is 0 Å². The van der Waals surface area contributed by atoms with Crippen molar-refractivity contribution < 1.29 is 15.0 Å². The van der Waals surface area contributed by atoms with Crippen molar-refractivity contribution in [1.29, 1.82) is 0 Å². The number of aryl methyl sites for hydroxylation is 1. The molecule has 18 heavy (non-hydrogen) atoms. The molecule has 1 rings (SSSR count). The van der Waals surface area contributed by atoms with Crippen LogP contribution >= 0.6 is 0 Å². The fraction of sp³-hybridized carbons (Fsp3) is 0.533. The Kier molecular flexibility index (Phi) is 6.02. The molecule has 1 aromatic rings. The zero-order valence-electron chi connectivity index (χ0n) is 11.1. The average Bonchev–Trinajstić information content (AvgIpc) is 2.38. The Morgan fingerprint density at radius 1 is 1.17 bits per heavy atom. The number of hydrogen-bond acceptors (Lipinski definition) is 3. The minimum absolute atomic E-state index is 0.404. The molecule has 1 aromatic carbocycles. The number of ketones is 1. The van der Waals surface area contributed by atoms with E-state index in [1.165, 1.54) is 0 Å². The standard InChI is InChI=1S/C15H22O3/c1-3-4-5-6-13(16)15(18)14(17)12-9-7-11(2)8-10-12/h7-10,13,15-16,18H,3-6H2,1-2H3/t13-,15+/m0/s1. The molecule has 0 aliphatic carbocycles. The van der Waals surface area contributed by atoms with E-state index < -0.39 is 18.0 Å². The number of aliphatic hydroxyl groups is 2. The van der Waals surface area contributed by atoms with E-state index in [0.29, 0.717) is 12.0 Å². The molecule has 0 aliphatic rings. The molecule has 0 bridgehead atoms. The first kappa shape index (κ1) is 14.9. The number of rotatable bonds is 7. The maximum absolute atomic E-state index is 11.9. The number of unbranched alkanes of at least 4 members (excludes halogenated alkanes) is 2. The van der Waals surface area contributed by atoms with E-state index in [1.807, 2.05) is 19.1 Å². The molecule has 0 amide bonds. The molecule has 0 saturated heterocycles. The highest BCUT2D eigenvalue weighted by Crippen LogP contribution is 2.12. The topological polar surface area (TPSA) is 57.5 Å². The number of carbonyl (C=O) groups excluding carboxylic acids is 1. The number of benzene rings is 1. The summed E-state index contributed by atoms with van der Waals surface area (Å²) in [5, 5.41) is 19.6. The van der Waals surface area contributed by atoms with Gasteiger partial charge in [0.25, 0.3) is 0 Å². The number of hydrogen-bond donors (Lipinski definition) is 2. The van der Waals surface area contributed by atoms with Crippen LogP contribution in [-0.4, -0.2) is 28.2 Å². The molecule has 3 heteroatoms. The van der Waals surface area contributed by atoms with E-state index in [1.54, 1.807) is 12.1 Å². The van der Waals surface area contributed by atoms with Crippen LogP contribution in [0, 0.1) is 6.92 Å². The lowest BCUT2D eigenvalue weighted by atomic mass is 9.98. The van der Waals surface area contributed by atoms with Gasteiger partial charge in [-0.25, -0.2) is 0 Å². The molecule has 0 unspecified atom stereocenters. The van der Waals surface area contributed by atoms with E-state index in [4.69, 9.17) is 0 Å². The molecular weight excluding hydrogens is 228 g/mol. The van der Waals surface area contributed by atoms with Crippen LogP contribution in [0.2, 0.25) is 0 Å². The highest BCUT2D eigenvalue weighted by molar-refractivity contribution is 5.99. The maximum atomic E-state index is 11.9. The Hall–Kier alpha value is -1.19. The molecule has 0 saturated carbocycles. The summed E-state index contributed by atoms with van der Waals surface area (Å²) in [6.45, 7) is 4.00. The Balaban J connectivity index is 2.57. The van der Waals surface area contributed by atoms with Crippen molar-refractivity contribution in [3.63, 3.8) is 0 Å². The van der Waals surface area contributed by atoms with Crippen molar-refractivity contribution in [2.24, 2.45) is 0 Å². The van der Waals surface area contributed by atoms with Crippen LogP contribution in [0.1, 0.15) is 48.5 Å². The van der Waals surface area contributed by atoms with Gasteiger partial charge in [0.05, 0.1) is 6.10 Å². The average molecular weight is 250 g/mol. The summed E-state index contributed by atoms with van der Waals surface area (Å²) in [7, 11) is 0. The summed E-state index contributed by atoms with van der Waals surface area (Å²) in [6, 6.07) is 7.01. The molecule has 0 heterocycles. The fourth-order valence-electron chi connectivity index (χ4n) is 1.82. The minimum atomic E-state index is -1.32. The highest BCUT2D eigenvalue weighted by Gasteiger charge is 2.24. The van der Waals surface area contributed by atoms with Gasteiger partial charge in [-0.15, -0.1) is 0 Å². The summed E-state index contributed by atoms with van der Waals surface area (Å²) >= 11 is 0. The molecule has 0 aliphatic heterocycles. The van der Waals surface area contributed by atoms with Gasteiger partial charge in [-0.05, 0) is 13.3 Å². The Labute approximate surface area is 108 Å². The van der Waals surface area contributed by atoms with Crippen LogP contribution in [0.3, 0.4) is 0 Å². The first-order valence-electron chi connectivity index (χ1n) is 6.53. The van der Waals surface area contributed by atoms with Crippen LogP contribution in [0.5, 0.6) is 0 Å². The van der Waals surface area contributed by atoms with Gasteiger partial charge in [-0.3, -0.25) is 4.79 Å². The highest BCUT2D eigenvalue weighted by atomic mass is 16.3. The van der Waals surface area contributed by atoms with Crippen LogP contribution in [-0.2, 0) is 0 Å². The number of carbonyl (C=O) groups is 1. The van der Waals surface area contributed by atoms with Crippen molar-refractivity contribution in [2.45, 2.75) is 51.7 Å². The van der Waals surface area contributed by atoms with Gasteiger partial charge in [0.15, 0.2) is 5.78 Å². The van der Waals surface area contributed by atoms with Crippen molar-refractivity contribution in [3.8, 4) is 0 Å². The van der Waals surface area contributed by atoms with Crippen LogP contribution < -0.4 is 0 Å². The maximum Gasteiger partial charge on any atom is 0.193 e. The van der Waals surface area contributed by atoms with Crippen molar-refractivity contribution in [2.75, 3.05) is 0 Å². The second-order valence-corrected chi connectivity index (χ2v) is 4.74. The summed E-state index contributed by atoms with van der Waals surface area (Å²) in [6.07, 6.45) is 1.06. The van der Waals surface area contributed by atoms with Gasteiger partial charge < -0.3 is 10.2 Å². The van der Waals surface area contributed by atoms with E-state index in [0.717, 1.165) is 24.8 Å². The minimum Gasteiger partial charge on any atom is -0.390 e. The van der Waals surface area contributed by atoms with Gasteiger partial charge in [0.1, 0.15) is 6.10 Å². The molecule has 2 N–H and O–H groups in total. The normalized spacial score (nSPS) is 14.2. The molecule has 0 fully saturated rings. The molecule has 2 atom stereocenters. The zero-order valence-corrected chi connectivity index (χ0v) is 11.1. The lowest BCUT2D eigenvalue weighted by Gasteiger charge is -2.16. The smallest absolute Gasteiger partial charge is 0.193 e. The summed E-state index contributed by atoms with van der Waals surface area (Å²) in [5.74, 6) is -0.404. The largest absolute Gasteiger partial charge is 0.390 e. The third-order valence-corrected chi connectivity index (χ3v) is 3.07. The molecule has 0 spiro atoms. The molecule has 3 nitrogen and oxygen atoms in total. The fourth-order valence-corrected chi connectivity index (χ4v) is 1.82. The second kappa shape index (κ2) is 7.29. The first-order chi connectivity index (χ1) is 8.56. The van der Waals surface area contributed by atoms with Crippen molar-refractivity contribution >= 4 is 5.78 Å². The summed E-state index contributed by atoms with van der Waals surface area (Å²) < 4.78 is 0. The van der Waals surface area contributed by atoms with Crippen LogP contribution in [0.4, 0.5) is 0 Å². The Morgan fingerprint density at radius 3 is 2.33 bits per heavy atom.